The number of aliphatic carboxylic acids is 1. The molecular formula is C18H30N2O3. The lowest BCUT2D eigenvalue weighted by atomic mass is 9.76. The zero-order valence-corrected chi connectivity index (χ0v) is 14.4. The molecule has 0 bridgehead atoms. The van der Waals surface area contributed by atoms with Gasteiger partial charge < -0.3 is 16.2 Å². The van der Waals surface area contributed by atoms with E-state index in [1.165, 1.54) is 0 Å². The maximum Gasteiger partial charge on any atom is 0.303 e. The zero-order valence-electron chi connectivity index (χ0n) is 14.4. The number of amides is 1. The summed E-state index contributed by atoms with van der Waals surface area (Å²) in [7, 11) is 0. The first-order valence-electron chi connectivity index (χ1n) is 8.33. The minimum absolute atomic E-state index is 0.196. The van der Waals surface area contributed by atoms with Crippen molar-refractivity contribution in [1.29, 1.82) is 0 Å². The molecule has 23 heavy (non-hydrogen) atoms. The van der Waals surface area contributed by atoms with Gasteiger partial charge in [-0.25, -0.2) is 0 Å². The molecule has 1 fully saturated rings. The highest BCUT2D eigenvalue weighted by molar-refractivity contribution is 5.74. The summed E-state index contributed by atoms with van der Waals surface area (Å²) < 4.78 is 0. The summed E-state index contributed by atoms with van der Waals surface area (Å²) in [5.74, 6) is -0.644. The Bertz CT molecular complexity index is 471. The van der Waals surface area contributed by atoms with Gasteiger partial charge in [-0.15, -0.1) is 0 Å². The van der Waals surface area contributed by atoms with Crippen molar-refractivity contribution in [2.45, 2.75) is 65.0 Å². The second-order valence-electron chi connectivity index (χ2n) is 7.15. The summed E-state index contributed by atoms with van der Waals surface area (Å²) in [6, 6.07) is 0.747. The van der Waals surface area contributed by atoms with Gasteiger partial charge in [-0.05, 0) is 25.2 Å². The normalized spacial score (nSPS) is 29.2. The summed E-state index contributed by atoms with van der Waals surface area (Å²) in [4.78, 5) is 20.7. The van der Waals surface area contributed by atoms with Crippen molar-refractivity contribution in [3.05, 3.63) is 24.3 Å². The van der Waals surface area contributed by atoms with Crippen LogP contribution in [0.3, 0.4) is 0 Å². The Kier molecular flexibility index (Phi) is 7.49. The highest BCUT2D eigenvalue weighted by Crippen LogP contribution is 2.36. The van der Waals surface area contributed by atoms with E-state index in [9.17, 15) is 9.59 Å². The Balaban J connectivity index is 0.000000322. The number of carbonyl (C=O) groups is 2. The van der Waals surface area contributed by atoms with Gasteiger partial charge >= 0.3 is 5.97 Å². The number of hydrogen-bond acceptors (Lipinski definition) is 3. The predicted molar refractivity (Wildman–Crippen MR) is 91.9 cm³/mol. The third-order valence-corrected chi connectivity index (χ3v) is 4.35. The topological polar surface area (TPSA) is 92.4 Å². The van der Waals surface area contributed by atoms with Gasteiger partial charge in [-0.3, -0.25) is 9.59 Å². The molecular weight excluding hydrogens is 292 g/mol. The standard InChI is InChI=1S/C13H20N2O.C5H10O2/c1-13(7-3-2-4-8-13)11-6-5-10(15-11)9-12(14)16;1-4(2)3-5(6)7/h2-4,7,10-11,15H,5-6,8-9H2,1H3,(H2,14,16);4H,3H2,1-2H3,(H,6,7)/t10?,11-,13?;/m0./s1. The number of nitrogens with one attached hydrogen (secondary N) is 1. The Labute approximate surface area is 139 Å². The Morgan fingerprint density at radius 1 is 1.35 bits per heavy atom. The molecule has 5 nitrogen and oxygen atoms in total. The third kappa shape index (κ3) is 6.99. The van der Waals surface area contributed by atoms with E-state index < -0.39 is 5.97 Å². The maximum atomic E-state index is 10.9. The van der Waals surface area contributed by atoms with Gasteiger partial charge in [0.05, 0.1) is 0 Å². The average molecular weight is 322 g/mol. The van der Waals surface area contributed by atoms with Crippen LogP contribution in [0.25, 0.3) is 0 Å². The summed E-state index contributed by atoms with van der Waals surface area (Å²) in [5, 5.41) is 11.6. The van der Waals surface area contributed by atoms with Gasteiger partial charge in [0.25, 0.3) is 0 Å². The van der Waals surface area contributed by atoms with Crippen LogP contribution in [0.5, 0.6) is 0 Å². The molecule has 1 aliphatic carbocycles. The Morgan fingerprint density at radius 2 is 2.04 bits per heavy atom. The fourth-order valence-corrected chi connectivity index (χ4v) is 3.09. The van der Waals surface area contributed by atoms with Crippen molar-refractivity contribution in [3.63, 3.8) is 0 Å². The summed E-state index contributed by atoms with van der Waals surface area (Å²) in [6.07, 6.45) is 12.7. The van der Waals surface area contributed by atoms with Crippen LogP contribution in [0.15, 0.2) is 24.3 Å². The average Bonchev–Trinajstić information content (AvgIpc) is 2.87. The van der Waals surface area contributed by atoms with Gasteiger partial charge in [-0.1, -0.05) is 45.1 Å². The number of carboxylic acids is 1. The van der Waals surface area contributed by atoms with Crippen LogP contribution >= 0.6 is 0 Å². The third-order valence-electron chi connectivity index (χ3n) is 4.35. The lowest BCUT2D eigenvalue weighted by Gasteiger charge is -2.34. The van der Waals surface area contributed by atoms with Crippen LogP contribution in [0.4, 0.5) is 0 Å². The van der Waals surface area contributed by atoms with Gasteiger partial charge in [0, 0.05) is 30.3 Å². The largest absolute Gasteiger partial charge is 0.481 e. The molecule has 1 aliphatic heterocycles. The smallest absolute Gasteiger partial charge is 0.303 e. The molecule has 2 rings (SSSR count). The van der Waals surface area contributed by atoms with Crippen molar-refractivity contribution < 1.29 is 14.7 Å². The molecule has 1 saturated heterocycles. The summed E-state index contributed by atoms with van der Waals surface area (Å²) in [6.45, 7) is 6.04. The molecule has 130 valence electrons. The lowest BCUT2D eigenvalue weighted by molar-refractivity contribution is -0.137. The molecule has 3 atom stereocenters. The van der Waals surface area contributed by atoms with E-state index >= 15 is 0 Å². The molecule has 2 unspecified atom stereocenters. The van der Waals surface area contributed by atoms with Gasteiger partial charge in [-0.2, -0.15) is 0 Å². The molecule has 4 N–H and O–H groups in total. The summed E-state index contributed by atoms with van der Waals surface area (Å²) >= 11 is 0. The number of nitrogens with two attached hydrogens (primary N) is 1. The van der Waals surface area contributed by atoms with Crippen LogP contribution in [0, 0.1) is 11.3 Å². The van der Waals surface area contributed by atoms with Gasteiger partial charge in [0.1, 0.15) is 0 Å². The number of allylic oxidation sites excluding steroid dienone is 3. The van der Waals surface area contributed by atoms with Crippen molar-refractivity contribution in [2.75, 3.05) is 0 Å². The molecule has 0 aromatic heterocycles. The Morgan fingerprint density at radius 3 is 2.48 bits per heavy atom. The number of carbonyl (C=O) groups excluding carboxylic acids is 1. The minimum atomic E-state index is -0.713. The van der Waals surface area contributed by atoms with Gasteiger partial charge in [0.15, 0.2) is 0 Å². The summed E-state index contributed by atoms with van der Waals surface area (Å²) in [5.41, 5.74) is 5.42. The van der Waals surface area contributed by atoms with Crippen molar-refractivity contribution in [3.8, 4) is 0 Å². The quantitative estimate of drug-likeness (QED) is 0.725. The molecule has 0 radical (unpaired) electrons. The fourth-order valence-electron chi connectivity index (χ4n) is 3.09. The van der Waals surface area contributed by atoms with Crippen LogP contribution in [0.2, 0.25) is 0 Å². The molecule has 2 aliphatic rings. The first-order chi connectivity index (χ1) is 10.7. The van der Waals surface area contributed by atoms with E-state index in [0.717, 1.165) is 19.3 Å². The van der Waals surface area contributed by atoms with Crippen LogP contribution in [-0.4, -0.2) is 29.1 Å². The van der Waals surface area contributed by atoms with Crippen molar-refractivity contribution in [1.82, 2.24) is 5.32 Å². The van der Waals surface area contributed by atoms with E-state index in [0.29, 0.717) is 12.5 Å². The molecule has 5 heteroatoms. The van der Waals surface area contributed by atoms with Crippen molar-refractivity contribution in [2.24, 2.45) is 17.1 Å². The lowest BCUT2D eigenvalue weighted by Crippen LogP contribution is -2.42. The molecule has 1 amide bonds. The van der Waals surface area contributed by atoms with Crippen LogP contribution < -0.4 is 11.1 Å². The first-order valence-corrected chi connectivity index (χ1v) is 8.33. The van der Waals surface area contributed by atoms with E-state index in [-0.39, 0.29) is 29.7 Å². The second-order valence-corrected chi connectivity index (χ2v) is 7.15. The van der Waals surface area contributed by atoms with E-state index in [1.54, 1.807) is 0 Å². The molecule has 0 aromatic carbocycles. The fraction of sp³-hybridized carbons (Fsp3) is 0.667. The second kappa shape index (κ2) is 8.87. The molecule has 0 aromatic rings. The molecule has 0 spiro atoms. The van der Waals surface area contributed by atoms with Gasteiger partial charge in [0.2, 0.25) is 5.91 Å². The van der Waals surface area contributed by atoms with Crippen LogP contribution in [0.1, 0.15) is 52.9 Å². The Hall–Kier alpha value is -1.62. The highest BCUT2D eigenvalue weighted by Gasteiger charge is 2.37. The predicted octanol–water partition coefficient (Wildman–Crippen LogP) is 2.62. The zero-order chi connectivity index (χ0) is 17.5. The van der Waals surface area contributed by atoms with E-state index in [4.69, 9.17) is 10.8 Å². The van der Waals surface area contributed by atoms with E-state index in [1.807, 2.05) is 13.8 Å². The molecule has 0 saturated carbocycles. The number of primary amides is 1. The SMILES string of the molecule is CC(C)CC(=O)O.CC1([C@@H]2CCC(CC(N)=O)N2)C=CC=CC1. The first kappa shape index (κ1) is 19.4. The molecule has 1 heterocycles. The number of carboxylic acid groups (broad SMARTS) is 1. The highest BCUT2D eigenvalue weighted by atomic mass is 16.4. The minimum Gasteiger partial charge on any atom is -0.481 e. The maximum absolute atomic E-state index is 10.9. The number of hydrogen-bond donors (Lipinski definition) is 3. The number of rotatable bonds is 5. The van der Waals surface area contributed by atoms with E-state index in [2.05, 4.69) is 36.5 Å². The van der Waals surface area contributed by atoms with Crippen molar-refractivity contribution >= 4 is 11.9 Å². The monoisotopic (exact) mass is 322 g/mol. The van der Waals surface area contributed by atoms with Crippen LogP contribution in [-0.2, 0) is 9.59 Å².